The molecule has 0 saturated carbocycles. The molecular weight excluding hydrogens is 395 g/mol. The minimum atomic E-state index is -4.49. The molecule has 0 saturated heterocycles. The van der Waals surface area contributed by atoms with Gasteiger partial charge in [0.2, 0.25) is 10.0 Å². The summed E-state index contributed by atoms with van der Waals surface area (Å²) in [4.78, 5) is 12.3. The predicted molar refractivity (Wildman–Crippen MR) is 100 cm³/mol. The quantitative estimate of drug-likeness (QED) is 0.584. The minimum Gasteiger partial charge on any atom is -0.271 e. The number of hydrogen-bond acceptors (Lipinski definition) is 4. The molecule has 2 aromatic carbocycles. The molecule has 6 nitrogen and oxygen atoms in total. The first-order valence-corrected chi connectivity index (χ1v) is 9.89. The second kappa shape index (κ2) is 8.42. The van der Waals surface area contributed by atoms with Crippen LogP contribution in [-0.4, -0.2) is 32.8 Å². The van der Waals surface area contributed by atoms with Crippen LogP contribution in [0.4, 0.5) is 18.9 Å². The number of carbonyl (C=O) groups excluding carboxylic acids is 1. The summed E-state index contributed by atoms with van der Waals surface area (Å²) in [5, 5.41) is 3.63. The van der Waals surface area contributed by atoms with E-state index in [0.29, 0.717) is 5.69 Å². The maximum Gasteiger partial charge on any atom is 0.416 e. The summed E-state index contributed by atoms with van der Waals surface area (Å²) < 4.78 is 63.3. The highest BCUT2D eigenvalue weighted by molar-refractivity contribution is 7.92. The molecule has 0 bridgehead atoms. The average molecular weight is 413 g/mol. The summed E-state index contributed by atoms with van der Waals surface area (Å²) in [6, 6.07) is 11.3. The smallest absolute Gasteiger partial charge is 0.271 e. The summed E-state index contributed by atoms with van der Waals surface area (Å²) in [5.41, 5.74) is 1.74. The molecule has 0 radical (unpaired) electrons. The van der Waals surface area contributed by atoms with Crippen molar-refractivity contribution >= 4 is 27.8 Å². The van der Waals surface area contributed by atoms with Crippen LogP contribution in [0.25, 0.3) is 0 Å². The highest BCUT2D eigenvalue weighted by atomic mass is 32.2. The number of hydrogen-bond donors (Lipinski definition) is 1. The van der Waals surface area contributed by atoms with Gasteiger partial charge < -0.3 is 0 Å². The number of alkyl halides is 3. The Morgan fingerprint density at radius 3 is 2.36 bits per heavy atom. The van der Waals surface area contributed by atoms with Gasteiger partial charge >= 0.3 is 6.18 Å². The zero-order chi connectivity index (χ0) is 20.9. The number of halogens is 3. The first-order valence-electron chi connectivity index (χ1n) is 8.05. The molecule has 1 atom stereocenters. The lowest BCUT2D eigenvalue weighted by Gasteiger charge is -2.27. The molecule has 10 heteroatoms. The fraction of sp³-hybridized carbons (Fsp3) is 0.222. The number of anilines is 1. The third kappa shape index (κ3) is 5.56. The van der Waals surface area contributed by atoms with E-state index in [-0.39, 0.29) is 5.56 Å². The molecule has 1 N–H and O–H groups in total. The van der Waals surface area contributed by atoms with E-state index in [4.69, 9.17) is 0 Å². The lowest BCUT2D eigenvalue weighted by atomic mass is 10.1. The van der Waals surface area contributed by atoms with E-state index in [1.165, 1.54) is 31.2 Å². The summed E-state index contributed by atoms with van der Waals surface area (Å²) in [7, 11) is -3.77. The Kier molecular flexibility index (Phi) is 6.45. The fourth-order valence-corrected chi connectivity index (χ4v) is 3.62. The number of hydrazone groups is 1. The van der Waals surface area contributed by atoms with Gasteiger partial charge in [-0.25, -0.2) is 13.8 Å². The van der Waals surface area contributed by atoms with Crippen molar-refractivity contribution in [2.45, 2.75) is 19.1 Å². The minimum absolute atomic E-state index is 0.130. The number of para-hydroxylation sites is 1. The van der Waals surface area contributed by atoms with Crippen molar-refractivity contribution in [2.75, 3.05) is 10.6 Å². The summed E-state index contributed by atoms with van der Waals surface area (Å²) in [6.45, 7) is 1.38. The highest BCUT2D eigenvalue weighted by Crippen LogP contribution is 2.29. The van der Waals surface area contributed by atoms with Gasteiger partial charge in [-0.3, -0.25) is 9.10 Å². The van der Waals surface area contributed by atoms with Crippen LogP contribution in [0.1, 0.15) is 18.1 Å². The molecule has 1 amide bonds. The Bertz CT molecular complexity index is 961. The van der Waals surface area contributed by atoms with E-state index in [2.05, 4.69) is 10.5 Å². The van der Waals surface area contributed by atoms with Gasteiger partial charge in [0, 0.05) is 0 Å². The molecule has 28 heavy (non-hydrogen) atoms. The lowest BCUT2D eigenvalue weighted by molar-refractivity contribution is -0.137. The third-order valence-electron chi connectivity index (χ3n) is 3.70. The molecule has 0 aliphatic carbocycles. The Morgan fingerprint density at radius 1 is 1.14 bits per heavy atom. The molecule has 0 fully saturated rings. The van der Waals surface area contributed by atoms with Crippen LogP contribution in [0.2, 0.25) is 0 Å². The van der Waals surface area contributed by atoms with E-state index in [1.807, 2.05) is 0 Å². The number of nitrogens with one attached hydrogen (secondary N) is 1. The second-order valence-electron chi connectivity index (χ2n) is 5.93. The third-order valence-corrected chi connectivity index (χ3v) is 4.94. The van der Waals surface area contributed by atoms with Crippen LogP contribution in [-0.2, 0) is 21.0 Å². The first kappa shape index (κ1) is 21.4. The zero-order valence-corrected chi connectivity index (χ0v) is 15.8. The van der Waals surface area contributed by atoms with Crippen molar-refractivity contribution < 1.29 is 26.4 Å². The molecule has 0 aromatic heterocycles. The molecule has 0 spiro atoms. The molecular formula is C18H18F3N3O3S. The number of amides is 1. The van der Waals surface area contributed by atoms with E-state index < -0.39 is 33.7 Å². The molecule has 0 unspecified atom stereocenters. The van der Waals surface area contributed by atoms with Crippen LogP contribution in [0.15, 0.2) is 59.7 Å². The first-order chi connectivity index (χ1) is 13.0. The molecule has 0 aliphatic rings. The zero-order valence-electron chi connectivity index (χ0n) is 15.0. The van der Waals surface area contributed by atoms with Crippen molar-refractivity contribution in [3.63, 3.8) is 0 Å². The van der Waals surface area contributed by atoms with Gasteiger partial charge in [-0.2, -0.15) is 18.3 Å². The number of rotatable bonds is 6. The second-order valence-corrected chi connectivity index (χ2v) is 7.79. The SMILES string of the molecule is C[C@@H](C(=O)N/N=C\c1cccc(C(F)(F)F)c1)N(c1ccccc1)S(C)(=O)=O. The summed E-state index contributed by atoms with van der Waals surface area (Å²) in [5.74, 6) is -0.738. The summed E-state index contributed by atoms with van der Waals surface area (Å²) in [6.07, 6.45) is -2.48. The van der Waals surface area contributed by atoms with E-state index in [1.54, 1.807) is 18.2 Å². The molecule has 0 heterocycles. The number of carbonyl (C=O) groups is 1. The van der Waals surface area contributed by atoms with Gasteiger partial charge in [0.15, 0.2) is 0 Å². The Balaban J connectivity index is 2.14. The van der Waals surface area contributed by atoms with Crippen LogP contribution in [0, 0.1) is 0 Å². The maximum atomic E-state index is 12.7. The van der Waals surface area contributed by atoms with Gasteiger partial charge in [-0.1, -0.05) is 30.3 Å². The van der Waals surface area contributed by atoms with E-state index in [9.17, 15) is 26.4 Å². The maximum absolute atomic E-state index is 12.7. The standard InChI is InChI=1S/C18H18F3N3O3S/c1-13(24(28(2,26)27)16-9-4-3-5-10-16)17(25)23-22-12-14-7-6-8-15(11-14)18(19,20)21/h3-13H,1-2H3,(H,23,25)/b22-12-/t13-/m0/s1. The predicted octanol–water partition coefficient (Wildman–Crippen LogP) is 3.01. The molecule has 0 aliphatic heterocycles. The highest BCUT2D eigenvalue weighted by Gasteiger charge is 2.30. The van der Waals surface area contributed by atoms with Gasteiger partial charge in [-0.05, 0) is 36.8 Å². The van der Waals surface area contributed by atoms with Crippen molar-refractivity contribution in [3.8, 4) is 0 Å². The van der Waals surface area contributed by atoms with Crippen LogP contribution >= 0.6 is 0 Å². The lowest BCUT2D eigenvalue weighted by Crippen LogP contribution is -2.46. The number of nitrogens with zero attached hydrogens (tertiary/aromatic N) is 2. The van der Waals surface area contributed by atoms with Gasteiger partial charge in [0.1, 0.15) is 6.04 Å². The van der Waals surface area contributed by atoms with E-state index in [0.717, 1.165) is 28.9 Å². The summed E-state index contributed by atoms with van der Waals surface area (Å²) >= 11 is 0. The van der Waals surface area contributed by atoms with Gasteiger partial charge in [0.25, 0.3) is 5.91 Å². The van der Waals surface area contributed by atoms with E-state index >= 15 is 0 Å². The largest absolute Gasteiger partial charge is 0.416 e. The topological polar surface area (TPSA) is 78.8 Å². The Labute approximate surface area is 160 Å². The van der Waals surface area contributed by atoms with Crippen molar-refractivity contribution in [3.05, 3.63) is 65.7 Å². The number of benzene rings is 2. The molecule has 150 valence electrons. The Hall–Kier alpha value is -2.88. The monoisotopic (exact) mass is 413 g/mol. The van der Waals surface area contributed by atoms with Gasteiger partial charge in [-0.15, -0.1) is 0 Å². The molecule has 2 rings (SSSR count). The molecule has 2 aromatic rings. The van der Waals surface area contributed by atoms with Crippen LogP contribution in [0.5, 0.6) is 0 Å². The van der Waals surface area contributed by atoms with Crippen molar-refractivity contribution in [2.24, 2.45) is 5.10 Å². The van der Waals surface area contributed by atoms with Gasteiger partial charge in [0.05, 0.1) is 23.7 Å². The normalized spacial score (nSPS) is 13.3. The Morgan fingerprint density at radius 2 is 1.79 bits per heavy atom. The van der Waals surface area contributed by atoms with Crippen LogP contribution in [0.3, 0.4) is 0 Å². The number of sulfonamides is 1. The van der Waals surface area contributed by atoms with Crippen molar-refractivity contribution in [1.29, 1.82) is 0 Å². The van der Waals surface area contributed by atoms with Crippen LogP contribution < -0.4 is 9.73 Å². The van der Waals surface area contributed by atoms with Crippen molar-refractivity contribution in [1.82, 2.24) is 5.43 Å². The average Bonchev–Trinajstić information content (AvgIpc) is 2.61. The fourth-order valence-electron chi connectivity index (χ4n) is 2.44.